The van der Waals surface area contributed by atoms with Gasteiger partial charge in [-0.1, -0.05) is 20.3 Å². The van der Waals surface area contributed by atoms with Crippen LogP contribution in [0.15, 0.2) is 12.5 Å². The zero-order valence-electron chi connectivity index (χ0n) is 32.3. The fourth-order valence-corrected chi connectivity index (χ4v) is 5.89. The van der Waals surface area contributed by atoms with Gasteiger partial charge in [-0.05, 0) is 44.9 Å². The summed E-state index contributed by atoms with van der Waals surface area (Å²) in [5, 5.41) is 42.2. The maximum atomic E-state index is 14.1. The number of carbonyl (C=O) groups is 8. The number of aromatic nitrogens is 2. The van der Waals surface area contributed by atoms with Crippen LogP contribution in [0.3, 0.4) is 0 Å². The van der Waals surface area contributed by atoms with Crippen molar-refractivity contribution in [3.63, 3.8) is 0 Å². The van der Waals surface area contributed by atoms with Gasteiger partial charge in [0.25, 0.3) is 0 Å². The van der Waals surface area contributed by atoms with Gasteiger partial charge >= 0.3 is 5.97 Å². The number of carboxylic acids is 1. The molecule has 16 N–H and O–H groups in total. The van der Waals surface area contributed by atoms with Gasteiger partial charge in [0.1, 0.15) is 36.3 Å². The number of hydrogen-bond acceptors (Lipinski definition) is 12. The SMILES string of the molecule is CC[C@H](C)[C@H](NC(=O)[C@@H]1CCCN1C(=O)[C@H](CCCNC(=N)N)NC(=O)[C@H](CO)NC(=O)[C@H](C)NC(=O)[C@@H](N)CCC(N)=O)C(=O)N[C@@H](Cc1c[nH]cn1)C(=O)O. The molecule has 0 unspecified atom stereocenters. The Morgan fingerprint density at radius 2 is 1.61 bits per heavy atom. The van der Waals surface area contributed by atoms with Crippen LogP contribution in [0.1, 0.15) is 71.4 Å². The van der Waals surface area contributed by atoms with Gasteiger partial charge in [0, 0.05) is 32.1 Å². The predicted molar refractivity (Wildman–Crippen MR) is 202 cm³/mol. The molecular formula is C34H57N13O10. The standard InChI is InChI=1S/C34H57N13O10/c1-4-17(2)26(31(54)44-22(33(56)57)13-19-14-39-16-41-19)46-30(53)24-8-6-12-47(24)32(55)21(7-5-11-40-34(37)38)43-29(52)23(15-48)45-27(50)18(3)42-28(51)20(35)9-10-25(36)49/h14,16-18,20-24,26,48H,4-13,15,35H2,1-3H3,(H2,36,49)(H,39,41)(H,42,51)(H,43,52)(H,44,54)(H,45,50)(H,46,53)(H,56,57)(H4,37,38,40)/t17-,18-,20-,21-,22-,23-,24-,26-/m0/s1. The molecule has 7 amide bonds. The van der Waals surface area contributed by atoms with Gasteiger partial charge in [-0.25, -0.2) is 9.78 Å². The summed E-state index contributed by atoms with van der Waals surface area (Å²) in [6.45, 7) is 4.15. The zero-order valence-corrected chi connectivity index (χ0v) is 32.3. The Kier molecular flexibility index (Phi) is 19.3. The Morgan fingerprint density at radius 3 is 2.19 bits per heavy atom. The lowest BCUT2D eigenvalue weighted by molar-refractivity contribution is -0.144. The number of guanidine groups is 1. The van der Waals surface area contributed by atoms with E-state index in [1.54, 1.807) is 13.8 Å². The molecule has 0 bridgehead atoms. The molecular weight excluding hydrogens is 750 g/mol. The number of aliphatic hydroxyl groups is 1. The Labute approximate surface area is 329 Å². The lowest BCUT2D eigenvalue weighted by Crippen LogP contribution is -2.60. The third-order valence-electron chi connectivity index (χ3n) is 9.42. The molecule has 1 aromatic heterocycles. The third kappa shape index (κ3) is 15.3. The number of aromatic amines is 1. The van der Waals surface area contributed by atoms with E-state index in [4.69, 9.17) is 22.6 Å². The maximum absolute atomic E-state index is 14.1. The minimum Gasteiger partial charge on any atom is -0.480 e. The summed E-state index contributed by atoms with van der Waals surface area (Å²) in [6, 6.07) is -8.84. The average molecular weight is 808 g/mol. The number of hydrogen-bond donors (Lipinski definition) is 13. The summed E-state index contributed by atoms with van der Waals surface area (Å²) < 4.78 is 0. The first kappa shape index (κ1) is 47.3. The van der Waals surface area contributed by atoms with E-state index < -0.39 is 102 Å². The second-order valence-electron chi connectivity index (χ2n) is 13.9. The molecule has 2 heterocycles. The minimum atomic E-state index is -1.58. The van der Waals surface area contributed by atoms with Crippen LogP contribution in [0.25, 0.3) is 0 Å². The molecule has 318 valence electrons. The van der Waals surface area contributed by atoms with Crippen LogP contribution in [0.4, 0.5) is 0 Å². The molecule has 0 spiro atoms. The molecule has 23 nitrogen and oxygen atoms in total. The van der Waals surface area contributed by atoms with Crippen molar-refractivity contribution in [3.05, 3.63) is 18.2 Å². The van der Waals surface area contributed by atoms with Crippen molar-refractivity contribution in [3.8, 4) is 0 Å². The van der Waals surface area contributed by atoms with E-state index in [1.807, 2.05) is 0 Å². The van der Waals surface area contributed by atoms with Crippen molar-refractivity contribution in [1.82, 2.24) is 46.8 Å². The topological polar surface area (TPSA) is 383 Å². The highest BCUT2D eigenvalue weighted by atomic mass is 16.4. The van der Waals surface area contributed by atoms with E-state index in [-0.39, 0.29) is 57.6 Å². The normalized spacial score (nSPS) is 17.4. The first-order chi connectivity index (χ1) is 26.9. The lowest BCUT2D eigenvalue weighted by Gasteiger charge is -2.31. The first-order valence-corrected chi connectivity index (χ1v) is 18.6. The van der Waals surface area contributed by atoms with Crippen LogP contribution < -0.4 is 49.1 Å². The number of nitrogens with zero attached hydrogens (tertiary/aromatic N) is 2. The molecule has 57 heavy (non-hydrogen) atoms. The lowest BCUT2D eigenvalue weighted by atomic mass is 9.97. The number of primary amides is 1. The van der Waals surface area contributed by atoms with Crippen LogP contribution in [-0.4, -0.2) is 140 Å². The van der Waals surface area contributed by atoms with Crippen molar-refractivity contribution >= 4 is 53.3 Å². The Morgan fingerprint density at radius 1 is 0.947 bits per heavy atom. The molecule has 23 heteroatoms. The van der Waals surface area contributed by atoms with E-state index in [0.29, 0.717) is 18.5 Å². The van der Waals surface area contributed by atoms with Crippen molar-refractivity contribution < 1.29 is 48.6 Å². The number of carboxylic acid groups (broad SMARTS) is 1. The smallest absolute Gasteiger partial charge is 0.326 e. The number of nitrogens with two attached hydrogens (primary N) is 3. The number of imidazole rings is 1. The highest BCUT2D eigenvalue weighted by Crippen LogP contribution is 2.21. The van der Waals surface area contributed by atoms with Crippen molar-refractivity contribution in [1.29, 1.82) is 5.41 Å². The molecule has 0 saturated carbocycles. The zero-order chi connectivity index (χ0) is 42.8. The summed E-state index contributed by atoms with van der Waals surface area (Å²) in [7, 11) is 0. The highest BCUT2D eigenvalue weighted by Gasteiger charge is 2.40. The number of carbonyl (C=O) groups excluding carboxylic acids is 7. The van der Waals surface area contributed by atoms with E-state index in [9.17, 15) is 48.6 Å². The van der Waals surface area contributed by atoms with E-state index in [2.05, 4.69) is 41.9 Å². The van der Waals surface area contributed by atoms with Gasteiger partial charge in [-0.15, -0.1) is 0 Å². The van der Waals surface area contributed by atoms with E-state index in [0.717, 1.165) is 0 Å². The maximum Gasteiger partial charge on any atom is 0.326 e. The van der Waals surface area contributed by atoms with Crippen LogP contribution in [-0.2, 0) is 44.8 Å². The molecule has 1 aliphatic heterocycles. The molecule has 0 aromatic carbocycles. The highest BCUT2D eigenvalue weighted by molar-refractivity contribution is 5.97. The van der Waals surface area contributed by atoms with Gasteiger partial charge in [0.05, 0.1) is 24.7 Å². The van der Waals surface area contributed by atoms with Gasteiger partial charge in [-0.3, -0.25) is 39.0 Å². The molecule has 2 rings (SSSR count). The number of amides is 7. The second kappa shape index (κ2) is 23.3. The fraction of sp³-hybridized carbons (Fsp3) is 0.647. The quantitative estimate of drug-likeness (QED) is 0.0266. The molecule has 1 saturated heterocycles. The largest absolute Gasteiger partial charge is 0.480 e. The van der Waals surface area contributed by atoms with Crippen LogP contribution >= 0.6 is 0 Å². The van der Waals surface area contributed by atoms with Crippen molar-refractivity contribution in [2.45, 2.75) is 114 Å². The molecule has 1 aromatic rings. The Hall–Kier alpha value is -5.84. The molecule has 1 aliphatic rings. The number of aliphatic hydroxyl groups excluding tert-OH is 1. The fourth-order valence-electron chi connectivity index (χ4n) is 5.89. The van der Waals surface area contributed by atoms with E-state index in [1.165, 1.54) is 24.3 Å². The van der Waals surface area contributed by atoms with Crippen molar-refractivity contribution in [2.75, 3.05) is 19.7 Å². The molecule has 1 fully saturated rings. The van der Waals surface area contributed by atoms with Gasteiger partial charge in [0.2, 0.25) is 41.4 Å². The number of nitrogens with one attached hydrogen (secondary N) is 8. The summed E-state index contributed by atoms with van der Waals surface area (Å²) >= 11 is 0. The number of H-pyrrole nitrogens is 1. The summed E-state index contributed by atoms with van der Waals surface area (Å²) in [5.41, 5.74) is 16.6. The minimum absolute atomic E-state index is 0.0259. The van der Waals surface area contributed by atoms with Gasteiger partial charge in [-0.2, -0.15) is 0 Å². The summed E-state index contributed by atoms with van der Waals surface area (Å²) in [6.07, 6.45) is 3.74. The summed E-state index contributed by atoms with van der Waals surface area (Å²) in [4.78, 5) is 111. The first-order valence-electron chi connectivity index (χ1n) is 18.6. The number of likely N-dealkylation sites (tertiary alicyclic amines) is 1. The monoisotopic (exact) mass is 807 g/mol. The van der Waals surface area contributed by atoms with Crippen LogP contribution in [0.5, 0.6) is 0 Å². The van der Waals surface area contributed by atoms with Crippen LogP contribution in [0.2, 0.25) is 0 Å². The predicted octanol–water partition coefficient (Wildman–Crippen LogP) is -4.63. The van der Waals surface area contributed by atoms with Crippen molar-refractivity contribution in [2.24, 2.45) is 23.1 Å². The summed E-state index contributed by atoms with van der Waals surface area (Å²) in [5.74, 6) is -7.42. The van der Waals surface area contributed by atoms with Crippen LogP contribution in [0, 0.1) is 11.3 Å². The number of aliphatic carboxylic acids is 1. The molecule has 0 aliphatic carbocycles. The number of rotatable bonds is 24. The Balaban J connectivity index is 2.20. The Bertz CT molecular complexity index is 1580. The molecule has 0 radical (unpaired) electrons. The van der Waals surface area contributed by atoms with Gasteiger partial charge in [0.15, 0.2) is 5.96 Å². The molecule has 8 atom stereocenters. The van der Waals surface area contributed by atoms with E-state index >= 15 is 0 Å². The second-order valence-corrected chi connectivity index (χ2v) is 13.9. The average Bonchev–Trinajstić information content (AvgIpc) is 3.87. The third-order valence-corrected chi connectivity index (χ3v) is 9.42. The van der Waals surface area contributed by atoms with Gasteiger partial charge < -0.3 is 69.2 Å².